The average Bonchev–Trinajstić information content (AvgIpc) is 2.99. The molecule has 3 rings (SSSR count). The number of hydrogen-bond acceptors (Lipinski definition) is 4. The summed E-state index contributed by atoms with van der Waals surface area (Å²) in [5, 5.41) is 0. The van der Waals surface area contributed by atoms with E-state index in [1.54, 1.807) is 29.7 Å². The highest BCUT2D eigenvalue weighted by atomic mass is 16.2. The van der Waals surface area contributed by atoms with Crippen molar-refractivity contribution in [3.63, 3.8) is 0 Å². The Labute approximate surface area is 110 Å². The molecule has 3 heterocycles. The molecule has 1 aliphatic rings. The number of likely N-dealkylation sites (N-methyl/N-ethyl adjacent to an activating group) is 1. The maximum Gasteiger partial charge on any atom is 0.245 e. The van der Waals surface area contributed by atoms with Crippen LogP contribution in [0, 0.1) is 0 Å². The van der Waals surface area contributed by atoms with E-state index in [1.807, 2.05) is 17.7 Å². The number of anilines is 1. The van der Waals surface area contributed by atoms with Gasteiger partial charge in [0.25, 0.3) is 0 Å². The van der Waals surface area contributed by atoms with Crippen LogP contribution in [0.15, 0.2) is 30.9 Å². The van der Waals surface area contributed by atoms with Crippen LogP contribution in [0.4, 0.5) is 5.82 Å². The highest BCUT2D eigenvalue weighted by Gasteiger charge is 2.31. The van der Waals surface area contributed by atoms with Crippen LogP contribution in [0.2, 0.25) is 0 Å². The number of aromatic nitrogens is 3. The second kappa shape index (κ2) is 4.38. The summed E-state index contributed by atoms with van der Waals surface area (Å²) in [5.41, 5.74) is 7.39. The fourth-order valence-corrected chi connectivity index (χ4v) is 2.40. The van der Waals surface area contributed by atoms with Crippen LogP contribution in [0.25, 0.3) is 11.3 Å². The first-order valence-electron chi connectivity index (χ1n) is 6.15. The zero-order valence-electron chi connectivity index (χ0n) is 10.7. The van der Waals surface area contributed by atoms with E-state index in [9.17, 15) is 4.79 Å². The van der Waals surface area contributed by atoms with Crippen molar-refractivity contribution in [2.75, 3.05) is 19.3 Å². The van der Waals surface area contributed by atoms with Crippen molar-refractivity contribution in [1.82, 2.24) is 19.4 Å². The normalized spacial score (nSPS) is 19.1. The van der Waals surface area contributed by atoms with E-state index in [0.29, 0.717) is 5.82 Å². The topological polar surface area (TPSA) is 77.0 Å². The van der Waals surface area contributed by atoms with Gasteiger partial charge in [-0.3, -0.25) is 4.79 Å². The third-order valence-corrected chi connectivity index (χ3v) is 3.48. The minimum atomic E-state index is -0.167. The fraction of sp³-hybridized carbons (Fsp3) is 0.308. The van der Waals surface area contributed by atoms with Crippen LogP contribution in [-0.2, 0) is 4.79 Å². The third kappa shape index (κ3) is 1.95. The van der Waals surface area contributed by atoms with Crippen molar-refractivity contribution in [3.8, 4) is 11.3 Å². The molecule has 98 valence electrons. The largest absolute Gasteiger partial charge is 0.384 e. The summed E-state index contributed by atoms with van der Waals surface area (Å²) in [5.74, 6) is 0.606. The van der Waals surface area contributed by atoms with Crippen molar-refractivity contribution in [3.05, 3.63) is 30.9 Å². The number of amides is 1. The molecule has 2 N–H and O–H groups in total. The highest BCUT2D eigenvalue weighted by Crippen LogP contribution is 2.28. The van der Waals surface area contributed by atoms with Gasteiger partial charge in [-0.1, -0.05) is 0 Å². The summed E-state index contributed by atoms with van der Waals surface area (Å²) >= 11 is 0. The predicted octanol–water partition coefficient (Wildman–Crippen LogP) is 0.930. The molecule has 1 unspecified atom stereocenters. The number of imidazole rings is 1. The van der Waals surface area contributed by atoms with Gasteiger partial charge in [-0.05, 0) is 18.6 Å². The number of likely N-dealkylation sites (tertiary alicyclic amines) is 1. The first-order chi connectivity index (χ1) is 9.16. The van der Waals surface area contributed by atoms with Gasteiger partial charge in [0.1, 0.15) is 11.9 Å². The van der Waals surface area contributed by atoms with Crippen LogP contribution in [0.3, 0.4) is 0 Å². The second-order valence-electron chi connectivity index (χ2n) is 4.72. The third-order valence-electron chi connectivity index (χ3n) is 3.48. The van der Waals surface area contributed by atoms with Crippen LogP contribution >= 0.6 is 0 Å². The lowest BCUT2D eigenvalue weighted by atomic mass is 10.2. The molecule has 6 nitrogen and oxygen atoms in total. The molecule has 19 heavy (non-hydrogen) atoms. The van der Waals surface area contributed by atoms with E-state index < -0.39 is 0 Å². The number of pyridine rings is 1. The number of nitrogens with two attached hydrogens (primary N) is 1. The average molecular weight is 257 g/mol. The summed E-state index contributed by atoms with van der Waals surface area (Å²) in [6.07, 6.45) is 5.96. The Morgan fingerprint density at radius 3 is 2.84 bits per heavy atom. The predicted molar refractivity (Wildman–Crippen MR) is 71.2 cm³/mol. The number of carbonyl (C=O) groups excluding carboxylic acids is 1. The molecule has 6 heteroatoms. The summed E-state index contributed by atoms with van der Waals surface area (Å²) in [7, 11) is 1.82. The van der Waals surface area contributed by atoms with Crippen molar-refractivity contribution in [1.29, 1.82) is 0 Å². The van der Waals surface area contributed by atoms with Crippen LogP contribution in [0.5, 0.6) is 0 Å². The molecule has 0 radical (unpaired) electrons. The van der Waals surface area contributed by atoms with Gasteiger partial charge >= 0.3 is 0 Å². The lowest BCUT2D eigenvalue weighted by Crippen LogP contribution is -2.24. The van der Waals surface area contributed by atoms with Gasteiger partial charge < -0.3 is 15.2 Å². The molecule has 1 saturated heterocycles. The number of carbonyl (C=O) groups is 1. The SMILES string of the molecule is CN1CCC(n2cncc2-c2ccc(N)nc2)C1=O. The molecule has 0 bridgehead atoms. The molecular formula is C13H15N5O. The molecule has 2 aromatic rings. The highest BCUT2D eigenvalue weighted by molar-refractivity contribution is 5.83. The van der Waals surface area contributed by atoms with E-state index in [0.717, 1.165) is 24.2 Å². The van der Waals surface area contributed by atoms with E-state index in [-0.39, 0.29) is 11.9 Å². The van der Waals surface area contributed by atoms with E-state index in [4.69, 9.17) is 5.73 Å². The molecule has 2 aromatic heterocycles. The Kier molecular flexibility index (Phi) is 2.70. The maximum atomic E-state index is 12.1. The van der Waals surface area contributed by atoms with Gasteiger partial charge in [0.05, 0.1) is 18.2 Å². The van der Waals surface area contributed by atoms with Gasteiger partial charge in [0.15, 0.2) is 0 Å². The van der Waals surface area contributed by atoms with Crippen molar-refractivity contribution in [2.24, 2.45) is 0 Å². The minimum Gasteiger partial charge on any atom is -0.384 e. The number of hydrogen-bond donors (Lipinski definition) is 1. The molecule has 0 aliphatic carbocycles. The van der Waals surface area contributed by atoms with Crippen molar-refractivity contribution in [2.45, 2.75) is 12.5 Å². The van der Waals surface area contributed by atoms with E-state index in [1.165, 1.54) is 0 Å². The Bertz CT molecular complexity index is 604. The lowest BCUT2D eigenvalue weighted by Gasteiger charge is -2.14. The van der Waals surface area contributed by atoms with Gasteiger partial charge in [-0.25, -0.2) is 9.97 Å². The smallest absolute Gasteiger partial charge is 0.245 e. The molecule has 1 fully saturated rings. The van der Waals surface area contributed by atoms with Crippen LogP contribution < -0.4 is 5.73 Å². The summed E-state index contributed by atoms with van der Waals surface area (Å²) in [4.78, 5) is 22.1. The quantitative estimate of drug-likeness (QED) is 0.868. The zero-order valence-corrected chi connectivity index (χ0v) is 10.7. The van der Waals surface area contributed by atoms with E-state index >= 15 is 0 Å². The molecule has 0 aromatic carbocycles. The summed E-state index contributed by atoms with van der Waals surface area (Å²) < 4.78 is 1.92. The van der Waals surface area contributed by atoms with E-state index in [2.05, 4.69) is 9.97 Å². The monoisotopic (exact) mass is 257 g/mol. The first-order valence-corrected chi connectivity index (χ1v) is 6.15. The first kappa shape index (κ1) is 11.7. The number of rotatable bonds is 2. The molecule has 0 saturated carbocycles. The van der Waals surface area contributed by atoms with Crippen LogP contribution in [-0.4, -0.2) is 38.9 Å². The Hall–Kier alpha value is -2.37. The zero-order chi connectivity index (χ0) is 13.4. The van der Waals surface area contributed by atoms with Gasteiger partial charge in [-0.15, -0.1) is 0 Å². The number of nitrogens with zero attached hydrogens (tertiary/aromatic N) is 4. The van der Waals surface area contributed by atoms with Crippen molar-refractivity contribution >= 4 is 11.7 Å². The fourth-order valence-electron chi connectivity index (χ4n) is 2.40. The Morgan fingerprint density at radius 2 is 2.21 bits per heavy atom. The second-order valence-corrected chi connectivity index (χ2v) is 4.72. The van der Waals surface area contributed by atoms with Gasteiger partial charge in [0.2, 0.25) is 5.91 Å². The minimum absolute atomic E-state index is 0.127. The summed E-state index contributed by atoms with van der Waals surface area (Å²) in [6.45, 7) is 0.779. The lowest BCUT2D eigenvalue weighted by molar-refractivity contribution is -0.129. The molecular weight excluding hydrogens is 242 g/mol. The Morgan fingerprint density at radius 1 is 1.37 bits per heavy atom. The maximum absolute atomic E-state index is 12.1. The van der Waals surface area contributed by atoms with Gasteiger partial charge in [-0.2, -0.15) is 0 Å². The van der Waals surface area contributed by atoms with Crippen LogP contribution in [0.1, 0.15) is 12.5 Å². The standard InChI is InChI=1S/C13H15N5O/c1-17-5-4-10(13(17)19)18-8-15-7-11(18)9-2-3-12(14)16-6-9/h2-3,6-8,10H,4-5H2,1H3,(H2,14,16). The molecule has 0 spiro atoms. The molecule has 1 atom stereocenters. The molecule has 1 amide bonds. The Balaban J connectivity index is 1.99. The molecule has 1 aliphatic heterocycles. The van der Waals surface area contributed by atoms with Gasteiger partial charge in [0, 0.05) is 25.4 Å². The van der Waals surface area contributed by atoms with Crippen molar-refractivity contribution < 1.29 is 4.79 Å². The summed E-state index contributed by atoms with van der Waals surface area (Å²) in [6, 6.07) is 3.47. The number of nitrogen functional groups attached to an aromatic ring is 1.